The number of anilines is 1. The molecule has 34 heavy (non-hydrogen) atoms. The highest BCUT2D eigenvalue weighted by molar-refractivity contribution is 5.90. The number of rotatable bonds is 2. The Morgan fingerprint density at radius 1 is 0.882 bits per heavy atom. The summed E-state index contributed by atoms with van der Waals surface area (Å²) in [5.41, 5.74) is 3.56. The predicted molar refractivity (Wildman–Crippen MR) is 131 cm³/mol. The molecule has 1 N–H and O–H groups in total. The molecule has 1 saturated heterocycles. The molecule has 3 heterocycles. The highest BCUT2D eigenvalue weighted by Gasteiger charge is 2.38. The van der Waals surface area contributed by atoms with E-state index in [1.54, 1.807) is 23.1 Å². The van der Waals surface area contributed by atoms with Crippen LogP contribution in [0.25, 0.3) is 21.9 Å². The van der Waals surface area contributed by atoms with Crippen LogP contribution in [0.1, 0.15) is 18.0 Å². The zero-order valence-corrected chi connectivity index (χ0v) is 18.6. The Morgan fingerprint density at radius 2 is 1.74 bits per heavy atom. The minimum atomic E-state index is -0.387. The number of piperidine rings is 1. The van der Waals surface area contributed by atoms with Crippen molar-refractivity contribution in [3.63, 3.8) is 0 Å². The second kappa shape index (κ2) is 8.13. The maximum absolute atomic E-state index is 13.6. The SMILES string of the molecule is O=C(Nc1cccc(F)c1)N1CC2CC(C1)c1c(-c3ccc4ccccc4c3)ccc(=O)n1C2. The van der Waals surface area contributed by atoms with Gasteiger partial charge in [-0.3, -0.25) is 4.79 Å². The number of urea groups is 1. The van der Waals surface area contributed by atoms with E-state index in [0.29, 0.717) is 25.3 Å². The first-order valence-electron chi connectivity index (χ1n) is 11.6. The number of pyridine rings is 1. The smallest absolute Gasteiger partial charge is 0.321 e. The lowest BCUT2D eigenvalue weighted by Gasteiger charge is -2.43. The fourth-order valence-corrected chi connectivity index (χ4v) is 5.55. The Labute approximate surface area is 196 Å². The summed E-state index contributed by atoms with van der Waals surface area (Å²) in [5, 5.41) is 5.15. The molecule has 0 saturated carbocycles. The quantitative estimate of drug-likeness (QED) is 0.438. The highest BCUT2D eigenvalue weighted by atomic mass is 19.1. The summed E-state index contributed by atoms with van der Waals surface area (Å²) >= 11 is 0. The summed E-state index contributed by atoms with van der Waals surface area (Å²) in [6.07, 6.45) is 0.938. The van der Waals surface area contributed by atoms with Crippen molar-refractivity contribution in [2.45, 2.75) is 18.9 Å². The van der Waals surface area contributed by atoms with Crippen molar-refractivity contribution in [2.24, 2.45) is 5.92 Å². The number of hydrogen-bond acceptors (Lipinski definition) is 2. The van der Waals surface area contributed by atoms with E-state index in [1.165, 1.54) is 17.5 Å². The minimum Gasteiger partial charge on any atom is -0.324 e. The predicted octanol–water partition coefficient (Wildman–Crippen LogP) is 5.46. The van der Waals surface area contributed by atoms with Gasteiger partial charge >= 0.3 is 6.03 Å². The Balaban J connectivity index is 1.35. The maximum Gasteiger partial charge on any atom is 0.321 e. The molecule has 0 spiro atoms. The fourth-order valence-electron chi connectivity index (χ4n) is 5.55. The molecule has 2 amide bonds. The van der Waals surface area contributed by atoms with Gasteiger partial charge in [0.05, 0.1) is 0 Å². The van der Waals surface area contributed by atoms with Crippen LogP contribution in [0.3, 0.4) is 0 Å². The molecule has 1 fully saturated rings. The molecule has 170 valence electrons. The van der Waals surface area contributed by atoms with Gasteiger partial charge in [0.1, 0.15) is 5.82 Å². The van der Waals surface area contributed by atoms with Crippen molar-refractivity contribution in [2.75, 3.05) is 18.4 Å². The molecular weight excluding hydrogens is 429 g/mol. The van der Waals surface area contributed by atoms with E-state index in [2.05, 4.69) is 35.6 Å². The molecule has 2 unspecified atom stereocenters. The number of carbonyl (C=O) groups is 1. The van der Waals surface area contributed by atoms with Gasteiger partial charge in [-0.1, -0.05) is 42.5 Å². The lowest BCUT2D eigenvalue weighted by molar-refractivity contribution is 0.140. The lowest BCUT2D eigenvalue weighted by Crippen LogP contribution is -2.50. The van der Waals surface area contributed by atoms with Crippen LogP contribution in [-0.4, -0.2) is 28.6 Å². The number of nitrogens with one attached hydrogen (secondary N) is 1. The summed E-state index contributed by atoms with van der Waals surface area (Å²) in [6.45, 7) is 1.68. The number of nitrogens with zero attached hydrogens (tertiary/aromatic N) is 2. The van der Waals surface area contributed by atoms with E-state index < -0.39 is 0 Å². The number of amides is 2. The van der Waals surface area contributed by atoms with Gasteiger partial charge in [-0.2, -0.15) is 0 Å². The molecule has 2 aliphatic heterocycles. The number of fused-ring (bicyclic) bond motifs is 5. The third-order valence-corrected chi connectivity index (χ3v) is 7.01. The van der Waals surface area contributed by atoms with Crippen molar-refractivity contribution >= 4 is 22.5 Å². The van der Waals surface area contributed by atoms with E-state index in [1.807, 2.05) is 22.8 Å². The molecular formula is C28H24FN3O2. The van der Waals surface area contributed by atoms with Crippen LogP contribution in [0.5, 0.6) is 0 Å². The van der Waals surface area contributed by atoms with Gasteiger partial charge in [-0.25, -0.2) is 9.18 Å². The molecule has 3 aromatic carbocycles. The summed E-state index contributed by atoms with van der Waals surface area (Å²) in [5.74, 6) is -0.128. The van der Waals surface area contributed by atoms with Crippen LogP contribution in [0.4, 0.5) is 14.9 Å². The number of hydrogen-bond donors (Lipinski definition) is 1. The van der Waals surface area contributed by atoms with Gasteiger partial charge in [0.25, 0.3) is 5.56 Å². The van der Waals surface area contributed by atoms with Gasteiger partial charge in [0.15, 0.2) is 0 Å². The molecule has 2 atom stereocenters. The van der Waals surface area contributed by atoms with Crippen molar-refractivity contribution in [3.05, 3.63) is 101 Å². The molecule has 2 bridgehead atoms. The molecule has 4 aromatic rings. The summed E-state index contributed by atoms with van der Waals surface area (Å²) in [7, 11) is 0. The van der Waals surface area contributed by atoms with Crippen molar-refractivity contribution in [1.29, 1.82) is 0 Å². The first-order valence-corrected chi connectivity index (χ1v) is 11.6. The third-order valence-electron chi connectivity index (χ3n) is 7.01. The van der Waals surface area contributed by atoms with E-state index in [0.717, 1.165) is 28.6 Å². The monoisotopic (exact) mass is 453 g/mol. The summed E-state index contributed by atoms with van der Waals surface area (Å²) in [6, 6.07) is 23.9. The molecule has 0 aliphatic carbocycles. The molecule has 5 nitrogen and oxygen atoms in total. The Hall–Kier alpha value is -3.93. The van der Waals surface area contributed by atoms with Gasteiger partial charge in [0.2, 0.25) is 0 Å². The van der Waals surface area contributed by atoms with Crippen molar-refractivity contribution < 1.29 is 9.18 Å². The van der Waals surface area contributed by atoms with Crippen LogP contribution in [-0.2, 0) is 6.54 Å². The second-order valence-electron chi connectivity index (χ2n) is 9.29. The molecule has 6 heteroatoms. The van der Waals surface area contributed by atoms with E-state index in [-0.39, 0.29) is 29.2 Å². The Bertz CT molecular complexity index is 1480. The van der Waals surface area contributed by atoms with Gasteiger partial charge in [0, 0.05) is 48.6 Å². The van der Waals surface area contributed by atoms with E-state index >= 15 is 0 Å². The zero-order valence-electron chi connectivity index (χ0n) is 18.6. The summed E-state index contributed by atoms with van der Waals surface area (Å²) < 4.78 is 15.5. The number of likely N-dealkylation sites (tertiary alicyclic amines) is 1. The Kier molecular flexibility index (Phi) is 4.94. The molecule has 2 aliphatic rings. The number of carbonyl (C=O) groups excluding carboxylic acids is 1. The van der Waals surface area contributed by atoms with E-state index in [9.17, 15) is 14.0 Å². The second-order valence-corrected chi connectivity index (χ2v) is 9.29. The molecule has 1 aromatic heterocycles. The first-order chi connectivity index (χ1) is 16.5. The van der Waals surface area contributed by atoms with Crippen molar-refractivity contribution in [1.82, 2.24) is 9.47 Å². The van der Waals surface area contributed by atoms with Crippen molar-refractivity contribution in [3.8, 4) is 11.1 Å². The van der Waals surface area contributed by atoms with Gasteiger partial charge in [-0.05, 0) is 59.0 Å². The highest BCUT2D eigenvalue weighted by Crippen LogP contribution is 2.40. The number of halogens is 1. The standard InChI is InChI=1S/C28H24FN3O2/c29-23-6-3-7-24(14-23)30-28(34)31-15-18-12-22(17-31)27-25(10-11-26(33)32(27)16-18)21-9-8-19-4-1-2-5-20(19)13-21/h1-11,13-14,18,22H,12,15-17H2,(H,30,34). The average Bonchev–Trinajstić information content (AvgIpc) is 2.84. The van der Waals surface area contributed by atoms with E-state index in [4.69, 9.17) is 0 Å². The maximum atomic E-state index is 13.6. The van der Waals surface area contributed by atoms with Crippen LogP contribution in [0.2, 0.25) is 0 Å². The molecule has 0 radical (unpaired) electrons. The minimum absolute atomic E-state index is 0.00639. The zero-order chi connectivity index (χ0) is 23.2. The average molecular weight is 454 g/mol. The molecule has 6 rings (SSSR count). The third kappa shape index (κ3) is 3.65. The fraction of sp³-hybridized carbons (Fsp3) is 0.214. The van der Waals surface area contributed by atoms with Crippen LogP contribution in [0, 0.1) is 11.7 Å². The van der Waals surface area contributed by atoms with Crippen LogP contribution < -0.4 is 10.9 Å². The normalized spacial score (nSPS) is 19.0. The first kappa shape index (κ1) is 20.7. The topological polar surface area (TPSA) is 54.3 Å². The van der Waals surface area contributed by atoms with Crippen LogP contribution in [0.15, 0.2) is 83.7 Å². The summed E-state index contributed by atoms with van der Waals surface area (Å²) in [4.78, 5) is 27.6. The largest absolute Gasteiger partial charge is 0.324 e. The number of aromatic nitrogens is 1. The lowest BCUT2D eigenvalue weighted by atomic mass is 9.80. The van der Waals surface area contributed by atoms with Gasteiger partial charge in [-0.15, -0.1) is 0 Å². The van der Waals surface area contributed by atoms with Crippen LogP contribution >= 0.6 is 0 Å². The van der Waals surface area contributed by atoms with Gasteiger partial charge < -0.3 is 14.8 Å². The Morgan fingerprint density at radius 3 is 2.59 bits per heavy atom. The number of benzene rings is 3.